The zero-order chi connectivity index (χ0) is 22.7. The van der Waals surface area contributed by atoms with Crippen molar-refractivity contribution in [3.05, 3.63) is 35.9 Å². The van der Waals surface area contributed by atoms with Crippen molar-refractivity contribution < 1.29 is 34.2 Å². The van der Waals surface area contributed by atoms with Crippen LogP contribution in [0.2, 0.25) is 0 Å². The van der Waals surface area contributed by atoms with Crippen LogP contribution in [-0.4, -0.2) is 71.1 Å². The Balaban J connectivity index is 2.99. The third-order valence-corrected chi connectivity index (χ3v) is 3.96. The van der Waals surface area contributed by atoms with E-state index in [1.807, 2.05) is 5.32 Å². The lowest BCUT2D eigenvalue weighted by molar-refractivity contribution is -0.143. The van der Waals surface area contributed by atoms with E-state index in [0.29, 0.717) is 5.56 Å². The highest BCUT2D eigenvalue weighted by Crippen LogP contribution is 2.05. The topological polar surface area (TPSA) is 214 Å². The van der Waals surface area contributed by atoms with Crippen molar-refractivity contribution in [1.82, 2.24) is 16.0 Å². The third-order valence-electron chi connectivity index (χ3n) is 3.96. The van der Waals surface area contributed by atoms with Crippen molar-refractivity contribution in [2.45, 2.75) is 31.0 Å². The number of aliphatic hydroxyl groups is 1. The highest BCUT2D eigenvalue weighted by atomic mass is 16.4. The first kappa shape index (κ1) is 24.5. The Morgan fingerprint density at radius 1 is 0.900 bits per heavy atom. The molecule has 0 bridgehead atoms. The summed E-state index contributed by atoms with van der Waals surface area (Å²) in [6, 6.07) is 4.41. The van der Waals surface area contributed by atoms with Gasteiger partial charge in [-0.2, -0.15) is 0 Å². The largest absolute Gasteiger partial charge is 0.480 e. The molecule has 3 atom stereocenters. The molecular weight excluding hydrogens is 398 g/mol. The molecule has 1 rings (SSSR count). The molecule has 9 N–H and O–H groups in total. The first-order chi connectivity index (χ1) is 14.2. The predicted octanol–water partition coefficient (Wildman–Crippen LogP) is -3.41. The molecule has 12 heteroatoms. The molecule has 164 valence electrons. The Morgan fingerprint density at radius 3 is 1.97 bits per heavy atom. The third kappa shape index (κ3) is 8.24. The second-order valence-corrected chi connectivity index (χ2v) is 6.33. The fourth-order valence-electron chi connectivity index (χ4n) is 2.45. The van der Waals surface area contributed by atoms with Gasteiger partial charge in [0.15, 0.2) is 0 Å². The maximum absolute atomic E-state index is 12.7. The summed E-state index contributed by atoms with van der Waals surface area (Å²) in [5.41, 5.74) is 11.1. The fourth-order valence-corrected chi connectivity index (χ4v) is 2.45. The molecule has 0 spiro atoms. The quantitative estimate of drug-likeness (QED) is 0.179. The summed E-state index contributed by atoms with van der Waals surface area (Å²) in [5.74, 6) is -4.90. The van der Waals surface area contributed by atoms with E-state index in [2.05, 4.69) is 10.6 Å². The zero-order valence-electron chi connectivity index (χ0n) is 16.0. The van der Waals surface area contributed by atoms with Crippen LogP contribution < -0.4 is 27.4 Å². The van der Waals surface area contributed by atoms with Crippen LogP contribution in [0.5, 0.6) is 0 Å². The summed E-state index contributed by atoms with van der Waals surface area (Å²) in [5, 5.41) is 24.7. The van der Waals surface area contributed by atoms with E-state index in [0.717, 1.165) is 0 Å². The zero-order valence-corrected chi connectivity index (χ0v) is 16.0. The molecule has 4 amide bonds. The second kappa shape index (κ2) is 12.1. The monoisotopic (exact) mass is 423 g/mol. The molecule has 3 unspecified atom stereocenters. The lowest BCUT2D eigenvalue weighted by atomic mass is 10.0. The van der Waals surface area contributed by atoms with E-state index >= 15 is 0 Å². The number of carbonyl (C=O) groups excluding carboxylic acids is 4. The van der Waals surface area contributed by atoms with Gasteiger partial charge < -0.3 is 37.6 Å². The van der Waals surface area contributed by atoms with Crippen LogP contribution in [0.3, 0.4) is 0 Å². The van der Waals surface area contributed by atoms with Gasteiger partial charge in [-0.25, -0.2) is 4.79 Å². The maximum Gasteiger partial charge on any atom is 0.328 e. The van der Waals surface area contributed by atoms with Gasteiger partial charge in [-0.1, -0.05) is 30.3 Å². The van der Waals surface area contributed by atoms with Gasteiger partial charge in [0.25, 0.3) is 0 Å². The SMILES string of the molecule is NCC(=O)NC(Cc1ccccc1)C(=O)NC(CC(N)=O)C(=O)NC(CO)C(=O)O. The molecule has 0 fully saturated rings. The summed E-state index contributed by atoms with van der Waals surface area (Å²) < 4.78 is 0. The highest BCUT2D eigenvalue weighted by Gasteiger charge is 2.30. The Morgan fingerprint density at radius 2 is 1.47 bits per heavy atom. The number of carbonyl (C=O) groups is 5. The molecule has 0 saturated heterocycles. The Kier molecular flexibility index (Phi) is 9.92. The first-order valence-electron chi connectivity index (χ1n) is 8.94. The van der Waals surface area contributed by atoms with E-state index in [1.54, 1.807) is 30.3 Å². The van der Waals surface area contributed by atoms with Crippen LogP contribution in [0.1, 0.15) is 12.0 Å². The molecule has 12 nitrogen and oxygen atoms in total. The normalized spacial score (nSPS) is 13.4. The molecule has 0 aliphatic rings. The van der Waals surface area contributed by atoms with Crippen LogP contribution >= 0.6 is 0 Å². The fraction of sp³-hybridized carbons (Fsp3) is 0.389. The molecule has 0 aliphatic carbocycles. The molecule has 0 saturated carbocycles. The van der Waals surface area contributed by atoms with Crippen LogP contribution in [0.25, 0.3) is 0 Å². The summed E-state index contributed by atoms with van der Waals surface area (Å²) in [4.78, 5) is 59.1. The van der Waals surface area contributed by atoms with Gasteiger partial charge in [-0.15, -0.1) is 0 Å². The van der Waals surface area contributed by atoms with Crippen molar-refractivity contribution in [2.24, 2.45) is 11.5 Å². The molecule has 1 aromatic carbocycles. The number of primary amides is 1. The number of aliphatic hydroxyl groups excluding tert-OH is 1. The minimum Gasteiger partial charge on any atom is -0.480 e. The number of nitrogens with two attached hydrogens (primary N) is 2. The van der Waals surface area contributed by atoms with Gasteiger partial charge in [-0.3, -0.25) is 19.2 Å². The Labute approximate surface area is 172 Å². The number of amides is 4. The number of hydrogen-bond donors (Lipinski definition) is 7. The van der Waals surface area contributed by atoms with E-state index < -0.39 is 60.8 Å². The summed E-state index contributed by atoms with van der Waals surface area (Å²) in [6.07, 6.45) is -0.560. The minimum atomic E-state index is -1.64. The Hall–Kier alpha value is -3.51. The van der Waals surface area contributed by atoms with Gasteiger partial charge >= 0.3 is 5.97 Å². The predicted molar refractivity (Wildman–Crippen MR) is 104 cm³/mol. The lowest BCUT2D eigenvalue weighted by Gasteiger charge is -2.23. The maximum atomic E-state index is 12.7. The van der Waals surface area contributed by atoms with Crippen LogP contribution in [-0.2, 0) is 30.4 Å². The molecule has 0 aliphatic heterocycles. The number of rotatable bonds is 12. The van der Waals surface area contributed by atoms with Crippen LogP contribution in [0, 0.1) is 0 Å². The van der Waals surface area contributed by atoms with Gasteiger partial charge in [0.05, 0.1) is 19.6 Å². The number of aliphatic carboxylic acids is 1. The van der Waals surface area contributed by atoms with Crippen molar-refractivity contribution in [2.75, 3.05) is 13.2 Å². The van der Waals surface area contributed by atoms with Crippen molar-refractivity contribution in [3.63, 3.8) is 0 Å². The number of hydrogen-bond acceptors (Lipinski definition) is 7. The van der Waals surface area contributed by atoms with Crippen molar-refractivity contribution in [1.29, 1.82) is 0 Å². The minimum absolute atomic E-state index is 0.0672. The summed E-state index contributed by atoms with van der Waals surface area (Å²) in [6.45, 7) is -1.28. The van der Waals surface area contributed by atoms with Gasteiger partial charge in [0.1, 0.15) is 18.1 Å². The van der Waals surface area contributed by atoms with E-state index in [-0.39, 0.29) is 13.0 Å². The molecule has 0 aromatic heterocycles. The number of carboxylic acid groups (broad SMARTS) is 1. The van der Waals surface area contributed by atoms with Crippen LogP contribution in [0.15, 0.2) is 30.3 Å². The van der Waals surface area contributed by atoms with E-state index in [4.69, 9.17) is 21.7 Å². The van der Waals surface area contributed by atoms with Gasteiger partial charge in [-0.05, 0) is 5.56 Å². The molecule has 0 heterocycles. The van der Waals surface area contributed by atoms with E-state index in [1.165, 1.54) is 0 Å². The highest BCUT2D eigenvalue weighted by molar-refractivity contribution is 5.95. The summed E-state index contributed by atoms with van der Waals surface area (Å²) in [7, 11) is 0. The molecule has 0 radical (unpaired) electrons. The standard InChI is InChI=1S/C18H25N5O7/c19-8-15(26)21-11(6-10-4-2-1-3-5-10)16(27)22-12(7-14(20)25)17(28)23-13(9-24)18(29)30/h1-5,11-13,24H,6-9,19H2,(H2,20,25)(H,21,26)(H,22,27)(H,23,28)(H,29,30). The van der Waals surface area contributed by atoms with Gasteiger partial charge in [0.2, 0.25) is 23.6 Å². The molecule has 1 aromatic rings. The average Bonchev–Trinajstić information content (AvgIpc) is 2.70. The number of nitrogens with one attached hydrogen (secondary N) is 3. The smallest absolute Gasteiger partial charge is 0.328 e. The number of benzene rings is 1. The van der Waals surface area contributed by atoms with Crippen molar-refractivity contribution in [3.8, 4) is 0 Å². The second-order valence-electron chi connectivity index (χ2n) is 6.33. The summed E-state index contributed by atoms with van der Waals surface area (Å²) >= 11 is 0. The lowest BCUT2D eigenvalue weighted by Crippen LogP contribution is -2.57. The van der Waals surface area contributed by atoms with Crippen LogP contribution in [0.4, 0.5) is 0 Å². The first-order valence-corrected chi connectivity index (χ1v) is 8.94. The van der Waals surface area contributed by atoms with Gasteiger partial charge in [0, 0.05) is 6.42 Å². The Bertz CT molecular complexity index is 771. The van der Waals surface area contributed by atoms with Crippen molar-refractivity contribution >= 4 is 29.6 Å². The molecule has 30 heavy (non-hydrogen) atoms. The average molecular weight is 423 g/mol. The van der Waals surface area contributed by atoms with E-state index in [9.17, 15) is 24.0 Å². The molecular formula is C18H25N5O7. The number of carboxylic acids is 1.